The molecule has 1 unspecified atom stereocenters. The van der Waals surface area contributed by atoms with Crippen molar-refractivity contribution in [2.75, 3.05) is 20.8 Å². The molecule has 2 N–H and O–H groups in total. The van der Waals surface area contributed by atoms with Crippen molar-refractivity contribution in [1.82, 2.24) is 4.90 Å². The van der Waals surface area contributed by atoms with Gasteiger partial charge in [0.2, 0.25) is 5.91 Å². The summed E-state index contributed by atoms with van der Waals surface area (Å²) in [7, 11) is 3.26. The number of carbonyl (C=O) groups excluding carboxylic acids is 1. The van der Waals surface area contributed by atoms with Gasteiger partial charge in [0.25, 0.3) is 0 Å². The van der Waals surface area contributed by atoms with Crippen LogP contribution in [0.25, 0.3) is 0 Å². The Kier molecular flexibility index (Phi) is 11.2. The second-order valence-corrected chi connectivity index (χ2v) is 6.32. The van der Waals surface area contributed by atoms with Gasteiger partial charge in [-0.05, 0) is 33.8 Å². The molecule has 0 aliphatic carbocycles. The number of hydrogen-bond acceptors (Lipinski definition) is 5. The molecule has 2 heterocycles. The molecule has 0 bridgehead atoms. The molecule has 0 saturated carbocycles. The van der Waals surface area contributed by atoms with E-state index in [9.17, 15) is 4.79 Å². The van der Waals surface area contributed by atoms with E-state index >= 15 is 0 Å². The number of aliphatic imine (C=N–C) groups is 1. The van der Waals surface area contributed by atoms with Crippen LogP contribution in [0.2, 0.25) is 0 Å². The van der Waals surface area contributed by atoms with Crippen molar-refractivity contribution in [1.29, 1.82) is 0 Å². The normalized spacial score (nSPS) is 17.2. The minimum Gasteiger partial charge on any atom is -0.385 e. The van der Waals surface area contributed by atoms with Crippen molar-refractivity contribution < 1.29 is 9.53 Å². The molecule has 0 fully saturated rings. The van der Waals surface area contributed by atoms with Crippen molar-refractivity contribution in [3.05, 3.63) is 21.3 Å². The summed E-state index contributed by atoms with van der Waals surface area (Å²) < 4.78 is 6.10. The smallest absolute Gasteiger partial charge is 0.231 e. The highest BCUT2D eigenvalue weighted by molar-refractivity contribution is 9.11. The summed E-state index contributed by atoms with van der Waals surface area (Å²) in [5, 5.41) is 2.03. The quantitative estimate of drug-likeness (QED) is 0.879. The van der Waals surface area contributed by atoms with Gasteiger partial charge in [0.1, 0.15) is 0 Å². The Labute approximate surface area is 139 Å². The van der Waals surface area contributed by atoms with Crippen LogP contribution in [0, 0.1) is 0 Å². The van der Waals surface area contributed by atoms with Crippen molar-refractivity contribution in [2.24, 2.45) is 10.7 Å². The van der Waals surface area contributed by atoms with Gasteiger partial charge in [-0.1, -0.05) is 19.9 Å². The molecule has 120 valence electrons. The first-order valence-corrected chi connectivity index (χ1v) is 8.49. The topological polar surface area (TPSA) is 67.9 Å². The molecule has 0 saturated heterocycles. The zero-order chi connectivity index (χ0) is 16.3. The van der Waals surface area contributed by atoms with E-state index in [4.69, 9.17) is 10.5 Å². The van der Waals surface area contributed by atoms with Crippen molar-refractivity contribution in [3.8, 4) is 0 Å². The number of nitrogens with two attached hydrogens (primary N) is 1. The van der Waals surface area contributed by atoms with Crippen molar-refractivity contribution in [3.63, 3.8) is 0 Å². The number of nitrogens with zero attached hydrogens (tertiary/aromatic N) is 2. The molecule has 5 nitrogen and oxygen atoms in total. The van der Waals surface area contributed by atoms with Crippen LogP contribution in [0.4, 0.5) is 0 Å². The van der Waals surface area contributed by atoms with E-state index in [0.717, 1.165) is 6.42 Å². The fraction of sp³-hybridized carbons (Fsp3) is 0.571. The standard InChI is InChI=1S/C8H15N3O2.C4H3BrS.C2H6/c1-11-7(12)5-6(3-4-13-2)10-8(11)9;5-4-2-1-3-6-4;1-2/h6H,3-5H2,1-2H3,(H2,9,10);1-3H;1-2H3. The van der Waals surface area contributed by atoms with Crippen molar-refractivity contribution in [2.45, 2.75) is 32.7 Å². The Bertz CT molecular complexity index is 424. The summed E-state index contributed by atoms with van der Waals surface area (Å²) in [6, 6.07) is 4.02. The third-order valence-corrected chi connectivity index (χ3v) is 4.06. The zero-order valence-corrected chi connectivity index (χ0v) is 15.4. The van der Waals surface area contributed by atoms with E-state index in [2.05, 4.69) is 20.9 Å². The van der Waals surface area contributed by atoms with Crippen LogP contribution < -0.4 is 5.73 Å². The monoisotopic (exact) mass is 377 g/mol. The largest absolute Gasteiger partial charge is 0.385 e. The number of ether oxygens (including phenoxy) is 1. The van der Waals surface area contributed by atoms with Crippen LogP contribution in [0.5, 0.6) is 0 Å². The Morgan fingerprint density at radius 2 is 2.24 bits per heavy atom. The first kappa shape index (κ1) is 20.1. The third kappa shape index (κ3) is 8.18. The highest BCUT2D eigenvalue weighted by Gasteiger charge is 2.23. The number of amides is 1. The summed E-state index contributed by atoms with van der Waals surface area (Å²) in [5.74, 6) is 0.325. The van der Waals surface area contributed by atoms with Crippen LogP contribution >= 0.6 is 27.3 Å². The van der Waals surface area contributed by atoms with Crippen molar-refractivity contribution >= 4 is 39.1 Å². The van der Waals surface area contributed by atoms with Crippen LogP contribution in [-0.4, -0.2) is 43.6 Å². The molecule has 1 aromatic rings. The predicted octanol–water partition coefficient (Wildman–Crippen LogP) is 3.11. The number of halogens is 1. The highest BCUT2D eigenvalue weighted by atomic mass is 79.9. The Hall–Kier alpha value is -0.920. The first-order valence-electron chi connectivity index (χ1n) is 6.82. The third-order valence-electron chi connectivity index (χ3n) is 2.58. The number of methoxy groups -OCH3 is 1. The molecule has 1 aliphatic heterocycles. The van der Waals surface area contributed by atoms with E-state index < -0.39 is 0 Å². The Morgan fingerprint density at radius 1 is 1.57 bits per heavy atom. The van der Waals surface area contributed by atoms with E-state index in [0.29, 0.717) is 19.0 Å². The molecule has 1 atom stereocenters. The number of hydrogen-bond donors (Lipinski definition) is 1. The Balaban J connectivity index is 0.000000416. The molecular weight excluding hydrogens is 354 g/mol. The minimum absolute atomic E-state index is 0.0105. The van der Waals surface area contributed by atoms with Gasteiger partial charge in [-0.3, -0.25) is 9.69 Å². The lowest BCUT2D eigenvalue weighted by atomic mass is 10.1. The SMILES string of the molecule is Brc1cccs1.CC.COCCC1CC(=O)N(C)C(N)=N1. The van der Waals surface area contributed by atoms with Crippen LogP contribution in [0.15, 0.2) is 26.3 Å². The lowest BCUT2D eigenvalue weighted by Crippen LogP contribution is -2.44. The molecule has 0 spiro atoms. The maximum Gasteiger partial charge on any atom is 0.231 e. The Morgan fingerprint density at radius 3 is 2.62 bits per heavy atom. The second-order valence-electron chi connectivity index (χ2n) is 4.00. The molecule has 21 heavy (non-hydrogen) atoms. The summed E-state index contributed by atoms with van der Waals surface area (Å²) in [4.78, 5) is 16.9. The van der Waals surface area contributed by atoms with Gasteiger partial charge >= 0.3 is 0 Å². The molecule has 7 heteroatoms. The highest BCUT2D eigenvalue weighted by Crippen LogP contribution is 2.14. The van der Waals surface area contributed by atoms with Crippen LogP contribution in [0.1, 0.15) is 26.7 Å². The van der Waals surface area contributed by atoms with E-state index in [1.165, 1.54) is 8.69 Å². The van der Waals surface area contributed by atoms with Crippen LogP contribution in [0.3, 0.4) is 0 Å². The molecule has 1 aliphatic rings. The van der Waals surface area contributed by atoms with Gasteiger partial charge in [-0.15, -0.1) is 11.3 Å². The van der Waals surface area contributed by atoms with Crippen LogP contribution in [-0.2, 0) is 9.53 Å². The molecule has 1 amide bonds. The molecule has 1 aromatic heterocycles. The van der Waals surface area contributed by atoms with Gasteiger partial charge < -0.3 is 10.5 Å². The predicted molar refractivity (Wildman–Crippen MR) is 92.7 cm³/mol. The summed E-state index contributed by atoms with van der Waals surface area (Å²) in [6.45, 7) is 4.61. The average Bonchev–Trinajstić information content (AvgIpc) is 2.96. The fourth-order valence-corrected chi connectivity index (χ4v) is 2.39. The number of guanidine groups is 1. The first-order chi connectivity index (χ1) is 10.0. The van der Waals surface area contributed by atoms with Gasteiger partial charge in [-0.25, -0.2) is 4.99 Å². The number of rotatable bonds is 3. The van der Waals surface area contributed by atoms with Gasteiger partial charge in [-0.2, -0.15) is 0 Å². The number of carbonyl (C=O) groups is 1. The minimum atomic E-state index is -0.0105. The second kappa shape index (κ2) is 11.7. The average molecular weight is 378 g/mol. The molecule has 0 aromatic carbocycles. The maximum atomic E-state index is 11.3. The summed E-state index contributed by atoms with van der Waals surface area (Å²) >= 11 is 4.99. The van der Waals surface area contributed by atoms with E-state index in [1.807, 2.05) is 31.4 Å². The van der Waals surface area contributed by atoms with Gasteiger partial charge in [0.15, 0.2) is 5.96 Å². The lowest BCUT2D eigenvalue weighted by molar-refractivity contribution is -0.127. The summed E-state index contributed by atoms with van der Waals surface area (Å²) in [6.07, 6.45) is 1.18. The van der Waals surface area contributed by atoms with E-state index in [-0.39, 0.29) is 11.9 Å². The molecule has 2 rings (SSSR count). The molecular formula is C14H24BrN3O2S. The van der Waals surface area contributed by atoms with E-state index in [1.54, 1.807) is 25.5 Å². The zero-order valence-electron chi connectivity index (χ0n) is 13.0. The number of thiophene rings is 1. The summed E-state index contributed by atoms with van der Waals surface area (Å²) in [5.41, 5.74) is 5.55. The van der Waals surface area contributed by atoms with Gasteiger partial charge in [0, 0.05) is 27.2 Å². The maximum absolute atomic E-state index is 11.3. The molecule has 0 radical (unpaired) electrons. The lowest BCUT2D eigenvalue weighted by Gasteiger charge is -2.25. The van der Waals surface area contributed by atoms with Gasteiger partial charge in [0.05, 0.1) is 9.83 Å². The fourth-order valence-electron chi connectivity index (χ4n) is 1.46.